The van der Waals surface area contributed by atoms with E-state index in [-0.39, 0.29) is 18.0 Å². The molecule has 0 unspecified atom stereocenters. The summed E-state index contributed by atoms with van der Waals surface area (Å²) in [7, 11) is 0. The summed E-state index contributed by atoms with van der Waals surface area (Å²) >= 11 is 0. The van der Waals surface area contributed by atoms with E-state index in [0.29, 0.717) is 0 Å². The Morgan fingerprint density at radius 3 is 2.36 bits per heavy atom. The van der Waals surface area contributed by atoms with Crippen LogP contribution in [0.15, 0.2) is 24.3 Å². The summed E-state index contributed by atoms with van der Waals surface area (Å²) in [5.41, 5.74) is 5.03. The Hall–Kier alpha value is -1.03. The molecule has 14 heavy (non-hydrogen) atoms. The van der Waals surface area contributed by atoms with Crippen LogP contribution < -0.4 is 5.73 Å². The summed E-state index contributed by atoms with van der Waals surface area (Å²) in [6.45, 7) is 1.90. The molecule has 0 saturated heterocycles. The predicted molar refractivity (Wildman–Crippen MR) is 48.9 cm³/mol. The van der Waals surface area contributed by atoms with Crippen LogP contribution in [0.2, 0.25) is 0 Å². The van der Waals surface area contributed by atoms with Crippen LogP contribution in [0.4, 0.5) is 13.2 Å². The normalized spacial score (nSPS) is 14.1. The first kappa shape index (κ1) is 11.0. The molecule has 0 fully saturated rings. The molecule has 0 saturated carbocycles. The maximum absolute atomic E-state index is 12.5. The number of rotatable bonds is 2. The molecule has 1 aromatic carbocycles. The summed E-state index contributed by atoms with van der Waals surface area (Å²) in [6, 6.07) is 5.54. The second kappa shape index (κ2) is 4.00. The molecular formula is C10H12F3N. The van der Waals surface area contributed by atoms with E-state index in [1.165, 1.54) is 12.1 Å². The molecule has 0 heterocycles. The fourth-order valence-electron chi connectivity index (χ4n) is 1.31. The Balaban J connectivity index is 3.16. The van der Waals surface area contributed by atoms with Gasteiger partial charge in [0.05, 0.1) is 5.56 Å². The second-order valence-electron chi connectivity index (χ2n) is 3.22. The Morgan fingerprint density at radius 2 is 1.86 bits per heavy atom. The van der Waals surface area contributed by atoms with Gasteiger partial charge in [0, 0.05) is 0 Å². The van der Waals surface area contributed by atoms with E-state index in [4.69, 9.17) is 5.73 Å². The van der Waals surface area contributed by atoms with Crippen molar-refractivity contribution in [2.75, 3.05) is 6.54 Å². The SMILES string of the molecule is C[C@@H](CN)c1ccccc1C(F)(F)F. The molecule has 1 atom stereocenters. The van der Waals surface area contributed by atoms with E-state index in [2.05, 4.69) is 0 Å². The summed E-state index contributed by atoms with van der Waals surface area (Å²) < 4.78 is 37.5. The molecule has 2 N–H and O–H groups in total. The maximum atomic E-state index is 12.5. The number of nitrogens with two attached hydrogens (primary N) is 1. The molecule has 0 spiro atoms. The number of halogens is 3. The van der Waals surface area contributed by atoms with E-state index in [9.17, 15) is 13.2 Å². The molecule has 4 heteroatoms. The van der Waals surface area contributed by atoms with Gasteiger partial charge in [-0.15, -0.1) is 0 Å². The van der Waals surface area contributed by atoms with Gasteiger partial charge in [0.25, 0.3) is 0 Å². The van der Waals surface area contributed by atoms with Gasteiger partial charge in [-0.2, -0.15) is 13.2 Å². The monoisotopic (exact) mass is 203 g/mol. The Bertz CT molecular complexity index is 306. The first-order chi connectivity index (χ1) is 6.46. The number of alkyl halides is 3. The van der Waals surface area contributed by atoms with Gasteiger partial charge in [0.1, 0.15) is 0 Å². The van der Waals surface area contributed by atoms with E-state index in [0.717, 1.165) is 6.07 Å². The third-order valence-electron chi connectivity index (χ3n) is 2.15. The van der Waals surface area contributed by atoms with Crippen molar-refractivity contribution in [1.29, 1.82) is 0 Å². The summed E-state index contributed by atoms with van der Waals surface area (Å²) in [4.78, 5) is 0. The third kappa shape index (κ3) is 2.26. The zero-order valence-electron chi connectivity index (χ0n) is 7.81. The first-order valence-electron chi connectivity index (χ1n) is 4.33. The van der Waals surface area contributed by atoms with Gasteiger partial charge in [-0.05, 0) is 24.1 Å². The first-order valence-corrected chi connectivity index (χ1v) is 4.33. The van der Waals surface area contributed by atoms with Crippen molar-refractivity contribution in [2.45, 2.75) is 19.0 Å². The van der Waals surface area contributed by atoms with Gasteiger partial charge in [-0.1, -0.05) is 25.1 Å². The molecule has 0 bridgehead atoms. The zero-order chi connectivity index (χ0) is 10.8. The zero-order valence-corrected chi connectivity index (χ0v) is 7.81. The Morgan fingerprint density at radius 1 is 1.29 bits per heavy atom. The van der Waals surface area contributed by atoms with Crippen molar-refractivity contribution in [3.63, 3.8) is 0 Å². The Labute approximate surface area is 80.7 Å². The standard InChI is InChI=1S/C10H12F3N/c1-7(6-14)8-4-2-3-5-9(8)10(11,12)13/h2-5,7H,6,14H2,1H3/t7-/m0/s1. The molecule has 0 amide bonds. The minimum absolute atomic E-state index is 0.215. The highest BCUT2D eigenvalue weighted by molar-refractivity contribution is 5.32. The van der Waals surface area contributed by atoms with Crippen LogP contribution in [-0.2, 0) is 6.18 Å². The maximum Gasteiger partial charge on any atom is 0.416 e. The van der Waals surface area contributed by atoms with Gasteiger partial charge in [0.2, 0.25) is 0 Å². The summed E-state index contributed by atoms with van der Waals surface area (Å²) in [5, 5.41) is 0. The van der Waals surface area contributed by atoms with Gasteiger partial charge in [-0.3, -0.25) is 0 Å². The predicted octanol–water partition coefficient (Wildman–Crippen LogP) is 2.77. The quantitative estimate of drug-likeness (QED) is 0.785. The van der Waals surface area contributed by atoms with Crippen molar-refractivity contribution in [2.24, 2.45) is 5.73 Å². The minimum atomic E-state index is -4.29. The van der Waals surface area contributed by atoms with Crippen molar-refractivity contribution in [1.82, 2.24) is 0 Å². The van der Waals surface area contributed by atoms with Crippen molar-refractivity contribution >= 4 is 0 Å². The molecule has 0 aromatic heterocycles. The van der Waals surface area contributed by atoms with Gasteiger partial charge in [-0.25, -0.2) is 0 Å². The molecule has 1 rings (SSSR count). The van der Waals surface area contributed by atoms with Crippen LogP contribution in [0.25, 0.3) is 0 Å². The van der Waals surface area contributed by atoms with E-state index >= 15 is 0 Å². The fourth-order valence-corrected chi connectivity index (χ4v) is 1.31. The lowest BCUT2D eigenvalue weighted by Crippen LogP contribution is -2.15. The van der Waals surface area contributed by atoms with Crippen LogP contribution in [0, 0.1) is 0 Å². The van der Waals surface area contributed by atoms with Gasteiger partial charge >= 0.3 is 6.18 Å². The smallest absolute Gasteiger partial charge is 0.330 e. The van der Waals surface area contributed by atoms with Crippen molar-refractivity contribution in [3.8, 4) is 0 Å². The van der Waals surface area contributed by atoms with E-state index in [1.807, 2.05) is 0 Å². The molecular weight excluding hydrogens is 191 g/mol. The molecule has 1 nitrogen and oxygen atoms in total. The lowest BCUT2D eigenvalue weighted by atomic mass is 9.95. The summed E-state index contributed by atoms with van der Waals surface area (Å²) in [5.74, 6) is -0.271. The van der Waals surface area contributed by atoms with Crippen LogP contribution in [-0.4, -0.2) is 6.54 Å². The van der Waals surface area contributed by atoms with Gasteiger partial charge < -0.3 is 5.73 Å². The van der Waals surface area contributed by atoms with Crippen LogP contribution >= 0.6 is 0 Å². The molecule has 0 aliphatic heterocycles. The highest BCUT2D eigenvalue weighted by atomic mass is 19.4. The average Bonchev–Trinajstić information content (AvgIpc) is 2.15. The number of benzene rings is 1. The van der Waals surface area contributed by atoms with Gasteiger partial charge in [0.15, 0.2) is 0 Å². The molecule has 1 aromatic rings. The topological polar surface area (TPSA) is 26.0 Å². The fraction of sp³-hybridized carbons (Fsp3) is 0.400. The number of hydrogen-bond acceptors (Lipinski definition) is 1. The van der Waals surface area contributed by atoms with Crippen LogP contribution in [0.1, 0.15) is 24.0 Å². The molecule has 78 valence electrons. The average molecular weight is 203 g/mol. The number of hydrogen-bond donors (Lipinski definition) is 1. The largest absolute Gasteiger partial charge is 0.416 e. The van der Waals surface area contributed by atoms with Crippen LogP contribution in [0.5, 0.6) is 0 Å². The summed E-state index contributed by atoms with van der Waals surface area (Å²) in [6.07, 6.45) is -4.29. The minimum Gasteiger partial charge on any atom is -0.330 e. The third-order valence-corrected chi connectivity index (χ3v) is 2.15. The molecule has 0 aliphatic rings. The highest BCUT2D eigenvalue weighted by Gasteiger charge is 2.33. The lowest BCUT2D eigenvalue weighted by Gasteiger charge is -2.16. The van der Waals surface area contributed by atoms with E-state index in [1.54, 1.807) is 13.0 Å². The van der Waals surface area contributed by atoms with Crippen molar-refractivity contribution < 1.29 is 13.2 Å². The lowest BCUT2D eigenvalue weighted by molar-refractivity contribution is -0.138. The van der Waals surface area contributed by atoms with E-state index < -0.39 is 11.7 Å². The highest BCUT2D eigenvalue weighted by Crippen LogP contribution is 2.34. The van der Waals surface area contributed by atoms with Crippen LogP contribution in [0.3, 0.4) is 0 Å². The Kier molecular flexibility index (Phi) is 3.16. The van der Waals surface area contributed by atoms with Crippen molar-refractivity contribution in [3.05, 3.63) is 35.4 Å². The second-order valence-corrected chi connectivity index (χ2v) is 3.22. The molecule has 0 radical (unpaired) electrons. The molecule has 0 aliphatic carbocycles.